The Morgan fingerprint density at radius 1 is 0.917 bits per heavy atom. The van der Waals surface area contributed by atoms with Crippen molar-refractivity contribution >= 4 is 23.4 Å². The average Bonchev–Trinajstić information content (AvgIpc) is 2.86. The smallest absolute Gasteiger partial charge is 0.243 e. The molecule has 0 radical (unpaired) electrons. The van der Waals surface area contributed by atoms with E-state index in [4.69, 9.17) is 16.3 Å². The molecule has 1 atom stereocenters. The van der Waals surface area contributed by atoms with Gasteiger partial charge < -0.3 is 15.0 Å². The van der Waals surface area contributed by atoms with Gasteiger partial charge in [0, 0.05) is 30.5 Å². The maximum atomic E-state index is 13.6. The van der Waals surface area contributed by atoms with Crippen LogP contribution in [0, 0.1) is 6.92 Å². The molecule has 1 N–H and O–H groups in total. The molecular formula is C30H35ClN2O3. The fraction of sp³-hybridized carbons (Fsp3) is 0.333. The van der Waals surface area contributed by atoms with Gasteiger partial charge in [-0.25, -0.2) is 0 Å². The first-order valence-corrected chi connectivity index (χ1v) is 12.8. The van der Waals surface area contributed by atoms with Gasteiger partial charge in [-0.05, 0) is 62.6 Å². The lowest BCUT2D eigenvalue weighted by molar-refractivity contribution is -0.141. The largest absolute Gasteiger partial charge is 0.494 e. The fourth-order valence-corrected chi connectivity index (χ4v) is 4.04. The van der Waals surface area contributed by atoms with Crippen molar-refractivity contribution < 1.29 is 14.3 Å². The summed E-state index contributed by atoms with van der Waals surface area (Å²) in [6.07, 6.45) is 1.26. The van der Waals surface area contributed by atoms with Crippen LogP contribution in [0.3, 0.4) is 0 Å². The van der Waals surface area contributed by atoms with Crippen LogP contribution in [0.25, 0.3) is 0 Å². The molecule has 3 rings (SSSR count). The Labute approximate surface area is 219 Å². The van der Waals surface area contributed by atoms with E-state index < -0.39 is 6.04 Å². The summed E-state index contributed by atoms with van der Waals surface area (Å²) in [5, 5.41) is 3.64. The zero-order valence-corrected chi connectivity index (χ0v) is 22.0. The first kappa shape index (κ1) is 27.3. The Bertz CT molecular complexity index is 1100. The predicted octanol–water partition coefficient (Wildman–Crippen LogP) is 5.97. The molecule has 36 heavy (non-hydrogen) atoms. The Morgan fingerprint density at radius 2 is 1.58 bits per heavy atom. The molecule has 0 fully saturated rings. The number of halogens is 1. The van der Waals surface area contributed by atoms with Crippen molar-refractivity contribution in [1.82, 2.24) is 10.2 Å². The van der Waals surface area contributed by atoms with Crippen molar-refractivity contribution in [3.8, 4) is 5.75 Å². The standard InChI is InChI=1S/C30H35ClN2O3/c1-22(2)32-30(35)28(20-24-8-5-4-6-9-24)33(21-25-13-15-26(31)16-14-25)29(34)10-7-19-36-27-17-11-23(3)12-18-27/h4-6,8-9,11-18,22,28H,7,10,19-21H2,1-3H3,(H,32,35). The van der Waals surface area contributed by atoms with Gasteiger partial charge in [-0.1, -0.05) is 71.8 Å². The van der Waals surface area contributed by atoms with Gasteiger partial charge in [0.15, 0.2) is 0 Å². The molecule has 190 valence electrons. The summed E-state index contributed by atoms with van der Waals surface area (Å²) in [7, 11) is 0. The highest BCUT2D eigenvalue weighted by molar-refractivity contribution is 6.30. The molecule has 0 saturated carbocycles. The second-order valence-electron chi connectivity index (χ2n) is 9.28. The lowest BCUT2D eigenvalue weighted by atomic mass is 10.0. The molecule has 0 heterocycles. The van der Waals surface area contributed by atoms with Gasteiger partial charge in [-0.2, -0.15) is 0 Å². The predicted molar refractivity (Wildman–Crippen MR) is 145 cm³/mol. The van der Waals surface area contributed by atoms with Crippen LogP contribution in [0.1, 0.15) is 43.4 Å². The van der Waals surface area contributed by atoms with Crippen molar-refractivity contribution in [1.29, 1.82) is 0 Å². The van der Waals surface area contributed by atoms with Gasteiger partial charge in [-0.15, -0.1) is 0 Å². The quantitative estimate of drug-likeness (QED) is 0.308. The minimum atomic E-state index is -0.643. The summed E-state index contributed by atoms with van der Waals surface area (Å²) in [6, 6.07) is 24.3. The van der Waals surface area contributed by atoms with E-state index in [2.05, 4.69) is 5.32 Å². The van der Waals surface area contributed by atoms with Crippen molar-refractivity contribution in [3.63, 3.8) is 0 Å². The van der Waals surface area contributed by atoms with Gasteiger partial charge in [0.2, 0.25) is 11.8 Å². The van der Waals surface area contributed by atoms with Gasteiger partial charge in [-0.3, -0.25) is 9.59 Å². The van der Waals surface area contributed by atoms with E-state index >= 15 is 0 Å². The Hall–Kier alpha value is -3.31. The zero-order valence-electron chi connectivity index (χ0n) is 21.2. The molecule has 0 aromatic heterocycles. The number of rotatable bonds is 12. The van der Waals surface area contributed by atoms with Crippen molar-refractivity contribution in [2.45, 2.75) is 58.7 Å². The van der Waals surface area contributed by atoms with E-state index in [1.807, 2.05) is 87.5 Å². The van der Waals surface area contributed by atoms with Crippen molar-refractivity contribution in [2.75, 3.05) is 6.61 Å². The number of carbonyl (C=O) groups excluding carboxylic acids is 2. The molecule has 0 spiro atoms. The summed E-state index contributed by atoms with van der Waals surface area (Å²) >= 11 is 6.07. The number of amides is 2. The Kier molecular flexibility index (Phi) is 10.4. The first-order valence-electron chi connectivity index (χ1n) is 12.4. The highest BCUT2D eigenvalue weighted by Crippen LogP contribution is 2.19. The number of nitrogens with one attached hydrogen (secondary N) is 1. The van der Waals surface area contributed by atoms with Crippen LogP contribution >= 0.6 is 11.6 Å². The van der Waals surface area contributed by atoms with Gasteiger partial charge in [0.05, 0.1) is 6.61 Å². The molecule has 0 aliphatic heterocycles. The number of hydrogen-bond acceptors (Lipinski definition) is 3. The molecule has 3 aromatic rings. The lowest BCUT2D eigenvalue weighted by Gasteiger charge is -2.32. The first-order chi connectivity index (χ1) is 17.3. The Balaban J connectivity index is 1.77. The number of benzene rings is 3. The van der Waals surface area contributed by atoms with E-state index in [0.29, 0.717) is 31.0 Å². The van der Waals surface area contributed by atoms with E-state index in [0.717, 1.165) is 16.9 Å². The molecule has 5 nitrogen and oxygen atoms in total. The summed E-state index contributed by atoms with van der Waals surface area (Å²) in [5.74, 6) is 0.536. The number of aryl methyl sites for hydroxylation is 1. The number of nitrogens with zero attached hydrogens (tertiary/aromatic N) is 1. The van der Waals surface area contributed by atoms with Crippen LogP contribution < -0.4 is 10.1 Å². The SMILES string of the molecule is Cc1ccc(OCCCC(=O)N(Cc2ccc(Cl)cc2)C(Cc2ccccc2)C(=O)NC(C)C)cc1. The lowest BCUT2D eigenvalue weighted by Crippen LogP contribution is -2.51. The second kappa shape index (κ2) is 13.7. The highest BCUT2D eigenvalue weighted by atomic mass is 35.5. The molecule has 3 aromatic carbocycles. The number of hydrogen-bond donors (Lipinski definition) is 1. The molecule has 2 amide bonds. The van der Waals surface area contributed by atoms with E-state index in [1.54, 1.807) is 17.0 Å². The normalized spacial score (nSPS) is 11.7. The maximum Gasteiger partial charge on any atom is 0.243 e. The number of ether oxygens (including phenoxy) is 1. The van der Waals surface area contributed by atoms with E-state index in [1.165, 1.54) is 5.56 Å². The van der Waals surface area contributed by atoms with Crippen molar-refractivity contribution in [2.24, 2.45) is 0 Å². The van der Waals surface area contributed by atoms with Gasteiger partial charge in [0.25, 0.3) is 0 Å². The van der Waals surface area contributed by atoms with E-state index in [-0.39, 0.29) is 24.3 Å². The topological polar surface area (TPSA) is 58.6 Å². The average molecular weight is 507 g/mol. The van der Waals surface area contributed by atoms with Crippen LogP contribution in [-0.2, 0) is 22.6 Å². The summed E-state index contributed by atoms with van der Waals surface area (Å²) in [5.41, 5.74) is 3.08. The third kappa shape index (κ3) is 8.72. The van der Waals surface area contributed by atoms with Crippen LogP contribution in [0.2, 0.25) is 5.02 Å². The molecule has 1 unspecified atom stereocenters. The molecule has 0 aliphatic rings. The van der Waals surface area contributed by atoms with Crippen LogP contribution in [0.5, 0.6) is 5.75 Å². The molecular weight excluding hydrogens is 472 g/mol. The number of carbonyl (C=O) groups is 2. The van der Waals surface area contributed by atoms with Gasteiger partial charge in [0.1, 0.15) is 11.8 Å². The minimum Gasteiger partial charge on any atom is -0.494 e. The maximum absolute atomic E-state index is 13.6. The highest BCUT2D eigenvalue weighted by Gasteiger charge is 2.30. The third-order valence-electron chi connectivity index (χ3n) is 5.79. The summed E-state index contributed by atoms with van der Waals surface area (Å²) < 4.78 is 5.81. The monoisotopic (exact) mass is 506 g/mol. The van der Waals surface area contributed by atoms with Crippen LogP contribution in [0.15, 0.2) is 78.9 Å². The minimum absolute atomic E-state index is 0.0360. The zero-order chi connectivity index (χ0) is 25.9. The third-order valence-corrected chi connectivity index (χ3v) is 6.04. The van der Waals surface area contributed by atoms with E-state index in [9.17, 15) is 9.59 Å². The Morgan fingerprint density at radius 3 is 2.22 bits per heavy atom. The summed E-state index contributed by atoms with van der Waals surface area (Å²) in [4.78, 5) is 28.6. The van der Waals surface area contributed by atoms with Crippen LogP contribution in [0.4, 0.5) is 0 Å². The molecule has 6 heteroatoms. The molecule has 0 aliphatic carbocycles. The molecule has 0 saturated heterocycles. The summed E-state index contributed by atoms with van der Waals surface area (Å²) in [6.45, 7) is 6.61. The second-order valence-corrected chi connectivity index (χ2v) is 9.72. The van der Waals surface area contributed by atoms with Crippen LogP contribution in [-0.4, -0.2) is 35.4 Å². The molecule has 0 bridgehead atoms. The fourth-order valence-electron chi connectivity index (χ4n) is 3.91. The van der Waals surface area contributed by atoms with Crippen molar-refractivity contribution in [3.05, 3.63) is 101 Å². The van der Waals surface area contributed by atoms with Gasteiger partial charge >= 0.3 is 0 Å².